The Morgan fingerprint density at radius 1 is 1.27 bits per heavy atom. The summed E-state index contributed by atoms with van der Waals surface area (Å²) >= 11 is 11.3. The van der Waals surface area contributed by atoms with Crippen molar-refractivity contribution in [2.45, 2.75) is 4.90 Å². The Bertz CT molecular complexity index is 498. The van der Waals surface area contributed by atoms with E-state index in [9.17, 15) is 13.2 Å². The second-order valence-corrected chi connectivity index (χ2v) is 5.61. The van der Waals surface area contributed by atoms with Crippen LogP contribution in [0, 0.1) is 0 Å². The lowest BCUT2D eigenvalue weighted by Gasteiger charge is -2.05. The highest BCUT2D eigenvalue weighted by Gasteiger charge is 2.19. The fourth-order valence-electron chi connectivity index (χ4n) is 1.04. The van der Waals surface area contributed by atoms with Crippen LogP contribution in [-0.2, 0) is 9.84 Å². The van der Waals surface area contributed by atoms with E-state index in [1.165, 1.54) is 0 Å². The third-order valence-electron chi connectivity index (χ3n) is 1.62. The summed E-state index contributed by atoms with van der Waals surface area (Å²) in [5.41, 5.74) is -0.155. The van der Waals surface area contributed by atoms with E-state index in [0.717, 1.165) is 18.4 Å². The minimum Gasteiger partial charge on any atom is -0.478 e. The molecule has 0 aliphatic carbocycles. The van der Waals surface area contributed by atoms with Crippen LogP contribution in [0.1, 0.15) is 10.4 Å². The predicted molar refractivity (Wildman–Crippen MR) is 56.5 cm³/mol. The third kappa shape index (κ3) is 2.62. The van der Waals surface area contributed by atoms with Gasteiger partial charge >= 0.3 is 5.97 Å². The van der Waals surface area contributed by atoms with E-state index in [1.54, 1.807) is 0 Å². The van der Waals surface area contributed by atoms with Crippen LogP contribution in [0.5, 0.6) is 0 Å². The number of benzene rings is 1. The van der Waals surface area contributed by atoms with E-state index in [1.807, 2.05) is 0 Å². The molecule has 1 rings (SSSR count). The molecule has 15 heavy (non-hydrogen) atoms. The summed E-state index contributed by atoms with van der Waals surface area (Å²) in [6.07, 6.45) is 0.945. The number of rotatable bonds is 2. The molecule has 0 unspecified atom stereocenters. The molecular weight excluding hydrogens is 263 g/mol. The van der Waals surface area contributed by atoms with E-state index >= 15 is 0 Å². The van der Waals surface area contributed by atoms with Crippen molar-refractivity contribution in [3.05, 3.63) is 27.7 Å². The van der Waals surface area contributed by atoms with E-state index in [4.69, 9.17) is 28.3 Å². The fraction of sp³-hybridized carbons (Fsp3) is 0.125. The van der Waals surface area contributed by atoms with Crippen LogP contribution >= 0.6 is 23.2 Å². The molecule has 0 aliphatic rings. The zero-order valence-corrected chi connectivity index (χ0v) is 9.82. The predicted octanol–water partition coefficient (Wildman–Crippen LogP) is 2.10. The normalized spacial score (nSPS) is 11.4. The fourth-order valence-corrected chi connectivity index (χ4v) is 3.19. The molecule has 0 spiro atoms. The zero-order chi connectivity index (χ0) is 11.8. The number of carboxylic acid groups (broad SMARTS) is 1. The number of sulfone groups is 1. The molecule has 0 heterocycles. The first-order chi connectivity index (χ1) is 6.73. The number of aromatic carboxylic acids is 1. The highest BCUT2D eigenvalue weighted by molar-refractivity contribution is 7.91. The summed E-state index contributed by atoms with van der Waals surface area (Å²) in [6, 6.07) is 2.10. The maximum absolute atomic E-state index is 11.2. The van der Waals surface area contributed by atoms with Gasteiger partial charge in [-0.1, -0.05) is 23.2 Å². The van der Waals surface area contributed by atoms with E-state index in [2.05, 4.69) is 0 Å². The summed E-state index contributed by atoms with van der Waals surface area (Å²) in [7, 11) is -3.56. The molecule has 0 aliphatic heterocycles. The van der Waals surface area contributed by atoms with Gasteiger partial charge in [-0.3, -0.25) is 0 Å². The van der Waals surface area contributed by atoms with Crippen LogP contribution in [-0.4, -0.2) is 25.7 Å². The molecule has 0 saturated carbocycles. The van der Waals surface area contributed by atoms with Gasteiger partial charge < -0.3 is 5.11 Å². The van der Waals surface area contributed by atoms with Crippen molar-refractivity contribution >= 4 is 39.0 Å². The number of carbonyl (C=O) groups is 1. The second kappa shape index (κ2) is 4.00. The molecule has 4 nitrogen and oxygen atoms in total. The topological polar surface area (TPSA) is 71.4 Å². The summed E-state index contributed by atoms with van der Waals surface area (Å²) in [5, 5.41) is 8.28. The second-order valence-electron chi connectivity index (χ2n) is 2.85. The lowest BCUT2D eigenvalue weighted by Crippen LogP contribution is -2.03. The van der Waals surface area contributed by atoms with Crippen LogP contribution in [0.4, 0.5) is 0 Å². The van der Waals surface area contributed by atoms with Crippen molar-refractivity contribution in [2.24, 2.45) is 0 Å². The molecule has 0 radical (unpaired) electrons. The minimum absolute atomic E-state index is 0.155. The van der Waals surface area contributed by atoms with Crippen molar-refractivity contribution in [3.63, 3.8) is 0 Å². The summed E-state index contributed by atoms with van der Waals surface area (Å²) in [5.74, 6) is -1.22. The van der Waals surface area contributed by atoms with Gasteiger partial charge in [-0.15, -0.1) is 0 Å². The van der Waals surface area contributed by atoms with Crippen molar-refractivity contribution in [1.82, 2.24) is 0 Å². The van der Waals surface area contributed by atoms with Crippen LogP contribution in [0.2, 0.25) is 10.0 Å². The Balaban J connectivity index is 3.55. The van der Waals surface area contributed by atoms with Crippen LogP contribution in [0.25, 0.3) is 0 Å². The molecule has 0 atom stereocenters. The van der Waals surface area contributed by atoms with Gasteiger partial charge in [0, 0.05) is 6.26 Å². The van der Waals surface area contributed by atoms with Gasteiger partial charge in [-0.2, -0.15) is 0 Å². The minimum atomic E-state index is -3.56. The van der Waals surface area contributed by atoms with Crippen LogP contribution < -0.4 is 0 Å². The molecule has 0 saturated heterocycles. The molecule has 0 amide bonds. The Morgan fingerprint density at radius 3 is 1.93 bits per heavy atom. The van der Waals surface area contributed by atoms with Gasteiger partial charge in [0.05, 0.1) is 15.6 Å². The van der Waals surface area contributed by atoms with Gasteiger partial charge in [0.1, 0.15) is 4.90 Å². The SMILES string of the molecule is CS(=O)(=O)c1c(Cl)cc(C(=O)O)cc1Cl. The van der Waals surface area contributed by atoms with Crippen molar-refractivity contribution in [3.8, 4) is 0 Å². The lowest BCUT2D eigenvalue weighted by atomic mass is 10.2. The molecule has 0 aromatic heterocycles. The maximum Gasteiger partial charge on any atom is 0.335 e. The standard InChI is InChI=1S/C8H6Cl2O4S/c1-15(13,14)7-5(9)2-4(8(11)12)3-6(7)10/h2-3H,1H3,(H,11,12). The first kappa shape index (κ1) is 12.3. The first-order valence-corrected chi connectivity index (χ1v) is 6.30. The Kier molecular flexibility index (Phi) is 3.28. The van der Waals surface area contributed by atoms with Gasteiger partial charge in [0.2, 0.25) is 0 Å². The monoisotopic (exact) mass is 268 g/mol. The molecule has 1 aromatic rings. The zero-order valence-electron chi connectivity index (χ0n) is 7.49. The number of hydrogen-bond acceptors (Lipinski definition) is 3. The van der Waals surface area contributed by atoms with Gasteiger partial charge in [-0.05, 0) is 12.1 Å². The van der Waals surface area contributed by atoms with Crippen molar-refractivity contribution in [1.29, 1.82) is 0 Å². The molecule has 1 aromatic carbocycles. The van der Waals surface area contributed by atoms with Crippen LogP contribution in [0.15, 0.2) is 17.0 Å². The number of hydrogen-bond donors (Lipinski definition) is 1. The van der Waals surface area contributed by atoms with Gasteiger partial charge in [0.15, 0.2) is 9.84 Å². The van der Waals surface area contributed by atoms with E-state index in [-0.39, 0.29) is 20.5 Å². The quantitative estimate of drug-likeness (QED) is 0.892. The first-order valence-electron chi connectivity index (χ1n) is 3.66. The third-order valence-corrected chi connectivity index (χ3v) is 3.62. The molecular formula is C8H6Cl2O4S. The summed E-state index contributed by atoms with van der Waals surface area (Å²) < 4.78 is 22.5. The molecule has 0 bridgehead atoms. The van der Waals surface area contributed by atoms with Gasteiger partial charge in [0.25, 0.3) is 0 Å². The van der Waals surface area contributed by atoms with Crippen LogP contribution in [0.3, 0.4) is 0 Å². The highest BCUT2D eigenvalue weighted by Crippen LogP contribution is 2.30. The van der Waals surface area contributed by atoms with E-state index in [0.29, 0.717) is 0 Å². The summed E-state index contributed by atoms with van der Waals surface area (Å²) in [4.78, 5) is 10.3. The molecule has 7 heteroatoms. The van der Waals surface area contributed by atoms with Crippen molar-refractivity contribution < 1.29 is 18.3 Å². The smallest absolute Gasteiger partial charge is 0.335 e. The van der Waals surface area contributed by atoms with Gasteiger partial charge in [-0.25, -0.2) is 13.2 Å². The highest BCUT2D eigenvalue weighted by atomic mass is 35.5. The molecule has 82 valence electrons. The van der Waals surface area contributed by atoms with Crippen molar-refractivity contribution in [2.75, 3.05) is 6.26 Å². The van der Waals surface area contributed by atoms with E-state index < -0.39 is 15.8 Å². The average molecular weight is 269 g/mol. The Hall–Kier alpha value is -0.780. The maximum atomic E-state index is 11.2. The molecule has 0 fully saturated rings. The number of halogens is 2. The average Bonchev–Trinajstić information content (AvgIpc) is 1.99. The lowest BCUT2D eigenvalue weighted by molar-refractivity contribution is 0.0696. The number of carboxylic acids is 1. The largest absolute Gasteiger partial charge is 0.478 e. The molecule has 1 N–H and O–H groups in total. The Labute approximate surface area is 96.3 Å². The Morgan fingerprint density at radius 2 is 1.67 bits per heavy atom. The summed E-state index contributed by atoms with van der Waals surface area (Å²) in [6.45, 7) is 0.